The number of aliphatic carboxylic acids is 1. The third-order valence-corrected chi connectivity index (χ3v) is 2.58. The molecule has 3 aromatic rings. The van der Waals surface area contributed by atoms with Gasteiger partial charge in [-0.2, -0.15) is 0 Å². The molecule has 0 atom stereocenters. The van der Waals surface area contributed by atoms with Gasteiger partial charge in [0, 0.05) is 27.3 Å². The van der Waals surface area contributed by atoms with E-state index in [1.54, 1.807) is 12.1 Å². The fraction of sp³-hybridized carbons (Fsp3) is 0.0625. The molecule has 0 bridgehead atoms. The van der Waals surface area contributed by atoms with Crippen LogP contribution in [0.1, 0.15) is 6.92 Å². The fourth-order valence-electron chi connectivity index (χ4n) is 1.75. The third kappa shape index (κ3) is 4.62. The molecular weight excluding hydrogens is 375 g/mol. The van der Waals surface area contributed by atoms with Gasteiger partial charge in [0.15, 0.2) is 0 Å². The van der Waals surface area contributed by atoms with Gasteiger partial charge in [0.2, 0.25) is 0 Å². The molecule has 0 unspecified atom stereocenters. The summed E-state index contributed by atoms with van der Waals surface area (Å²) in [5, 5.41) is 8.02. The van der Waals surface area contributed by atoms with E-state index in [0.29, 0.717) is 16.7 Å². The molecule has 2 aromatic carbocycles. The zero-order valence-corrected chi connectivity index (χ0v) is 13.2. The molecule has 2 N–H and O–H groups in total. The molecule has 0 spiro atoms. The summed E-state index contributed by atoms with van der Waals surface area (Å²) >= 11 is 0. The van der Waals surface area contributed by atoms with Gasteiger partial charge in [-0.15, -0.1) is 35.9 Å². The second-order valence-electron chi connectivity index (χ2n) is 4.23. The largest absolute Gasteiger partial charge is 0.481 e. The van der Waals surface area contributed by atoms with E-state index in [9.17, 15) is 4.79 Å². The van der Waals surface area contributed by atoms with E-state index in [4.69, 9.17) is 9.90 Å². The van der Waals surface area contributed by atoms with Gasteiger partial charge < -0.3 is 10.1 Å². The number of H-pyrrole nitrogens is 1. The molecule has 3 rings (SSSR count). The van der Waals surface area contributed by atoms with Crippen molar-refractivity contribution in [2.24, 2.45) is 0 Å². The maximum Gasteiger partial charge on any atom is 0.300 e. The number of carboxylic acid groups (broad SMARTS) is 1. The van der Waals surface area contributed by atoms with Gasteiger partial charge >= 0.3 is 0 Å². The van der Waals surface area contributed by atoms with Crippen LogP contribution >= 0.6 is 0 Å². The standard InChI is InChI=1S/C14H9N2O.C2H4O2.Pd/c17-14-11-8-4-5-9-12(11)15-13(16-14)10-6-2-1-3-7-10;1-2(3)4;/h1-6,8-9H,(H,15,16,17);1H3,(H,3,4);/q-1;;. The molecule has 22 heavy (non-hydrogen) atoms. The minimum absolute atomic E-state index is 0. The maximum atomic E-state index is 11.9. The topological polar surface area (TPSA) is 83.0 Å². The van der Waals surface area contributed by atoms with Crippen LogP contribution in [0.15, 0.2) is 53.3 Å². The van der Waals surface area contributed by atoms with Crippen molar-refractivity contribution in [1.82, 2.24) is 9.97 Å². The number of aromatic nitrogens is 2. The molecule has 1 heterocycles. The number of para-hydroxylation sites is 1. The van der Waals surface area contributed by atoms with Gasteiger partial charge in [-0.25, -0.2) is 0 Å². The SMILES string of the molecule is CC(=O)O.O=c1[nH]c(-c2[c-]cccc2)nc2ccccc12.[Pd]. The predicted octanol–water partition coefficient (Wildman–Crippen LogP) is 2.48. The first-order valence-corrected chi connectivity index (χ1v) is 6.23. The van der Waals surface area contributed by atoms with Gasteiger partial charge in [0.1, 0.15) is 0 Å². The Morgan fingerprint density at radius 2 is 1.82 bits per heavy atom. The molecule has 0 saturated carbocycles. The molecule has 0 aliphatic rings. The summed E-state index contributed by atoms with van der Waals surface area (Å²) in [6, 6.07) is 17.8. The second kappa shape index (κ2) is 8.23. The Hall–Kier alpha value is -2.29. The Balaban J connectivity index is 0.000000436. The molecule has 0 amide bonds. The van der Waals surface area contributed by atoms with Crippen molar-refractivity contribution in [2.45, 2.75) is 6.92 Å². The number of nitrogens with zero attached hydrogens (tertiary/aromatic N) is 1. The van der Waals surface area contributed by atoms with E-state index < -0.39 is 5.97 Å². The summed E-state index contributed by atoms with van der Waals surface area (Å²) in [6.07, 6.45) is 0. The van der Waals surface area contributed by atoms with E-state index in [2.05, 4.69) is 16.0 Å². The van der Waals surface area contributed by atoms with Crippen molar-refractivity contribution in [2.75, 3.05) is 0 Å². The van der Waals surface area contributed by atoms with Crippen LogP contribution in [-0.2, 0) is 25.2 Å². The van der Waals surface area contributed by atoms with Crippen LogP contribution in [0.25, 0.3) is 22.3 Å². The normalized spacial score (nSPS) is 9.32. The van der Waals surface area contributed by atoms with Crippen molar-refractivity contribution in [1.29, 1.82) is 0 Å². The molecule has 116 valence electrons. The van der Waals surface area contributed by atoms with E-state index >= 15 is 0 Å². The Morgan fingerprint density at radius 3 is 2.45 bits per heavy atom. The zero-order valence-electron chi connectivity index (χ0n) is 11.6. The van der Waals surface area contributed by atoms with Crippen LogP contribution in [0.5, 0.6) is 0 Å². The molecule has 0 aliphatic carbocycles. The first kappa shape index (κ1) is 17.8. The molecule has 0 fully saturated rings. The number of hydrogen-bond acceptors (Lipinski definition) is 3. The molecule has 0 saturated heterocycles. The summed E-state index contributed by atoms with van der Waals surface area (Å²) in [5.41, 5.74) is 1.36. The van der Waals surface area contributed by atoms with Crippen molar-refractivity contribution >= 4 is 16.9 Å². The van der Waals surface area contributed by atoms with Crippen molar-refractivity contribution in [3.63, 3.8) is 0 Å². The number of hydrogen-bond donors (Lipinski definition) is 2. The van der Waals surface area contributed by atoms with Crippen LogP contribution in [0.3, 0.4) is 0 Å². The predicted molar refractivity (Wildman–Crippen MR) is 79.9 cm³/mol. The number of rotatable bonds is 1. The average Bonchev–Trinajstić information content (AvgIpc) is 2.47. The van der Waals surface area contributed by atoms with Crippen molar-refractivity contribution in [3.8, 4) is 11.4 Å². The third-order valence-electron chi connectivity index (χ3n) is 2.58. The van der Waals surface area contributed by atoms with Gasteiger partial charge in [0.25, 0.3) is 11.5 Å². The first-order chi connectivity index (χ1) is 10.1. The second-order valence-corrected chi connectivity index (χ2v) is 4.23. The van der Waals surface area contributed by atoms with Crippen LogP contribution < -0.4 is 5.56 Å². The van der Waals surface area contributed by atoms with Gasteiger partial charge in [-0.1, -0.05) is 12.1 Å². The van der Waals surface area contributed by atoms with Crippen LogP contribution in [0.4, 0.5) is 0 Å². The Bertz CT molecular complexity index is 812. The fourth-order valence-corrected chi connectivity index (χ4v) is 1.75. The van der Waals surface area contributed by atoms with Crippen molar-refractivity contribution < 1.29 is 30.3 Å². The Labute approximate surface area is 140 Å². The summed E-state index contributed by atoms with van der Waals surface area (Å²) in [4.78, 5) is 28.1. The van der Waals surface area contributed by atoms with E-state index in [0.717, 1.165) is 12.5 Å². The van der Waals surface area contributed by atoms with E-state index in [1.807, 2.05) is 36.4 Å². The van der Waals surface area contributed by atoms with Gasteiger partial charge in [-0.3, -0.25) is 14.6 Å². The molecule has 0 aliphatic heterocycles. The average molecular weight is 388 g/mol. The quantitative estimate of drug-likeness (QED) is 0.496. The first-order valence-electron chi connectivity index (χ1n) is 6.23. The molecule has 6 heteroatoms. The minimum Gasteiger partial charge on any atom is -0.481 e. The molecule has 0 radical (unpaired) electrons. The number of carboxylic acids is 1. The number of carbonyl (C=O) groups is 1. The van der Waals surface area contributed by atoms with Crippen LogP contribution in [0, 0.1) is 6.07 Å². The maximum absolute atomic E-state index is 11.9. The Morgan fingerprint density at radius 1 is 1.18 bits per heavy atom. The number of aromatic amines is 1. The number of nitrogens with one attached hydrogen (secondary N) is 1. The smallest absolute Gasteiger partial charge is 0.300 e. The van der Waals surface area contributed by atoms with Crippen molar-refractivity contribution in [3.05, 3.63) is 65.0 Å². The molecule has 1 aromatic heterocycles. The zero-order chi connectivity index (χ0) is 15.2. The molecular formula is C16H13N2O3Pd-. The summed E-state index contributed by atoms with van der Waals surface area (Å²) in [7, 11) is 0. The summed E-state index contributed by atoms with van der Waals surface area (Å²) in [5.74, 6) is -0.283. The Kier molecular flexibility index (Phi) is 6.64. The van der Waals surface area contributed by atoms with Crippen LogP contribution in [-0.4, -0.2) is 21.0 Å². The van der Waals surface area contributed by atoms with E-state index in [-0.39, 0.29) is 26.0 Å². The molecule has 5 nitrogen and oxygen atoms in total. The van der Waals surface area contributed by atoms with Gasteiger partial charge in [-0.05, 0) is 12.1 Å². The summed E-state index contributed by atoms with van der Waals surface area (Å²) < 4.78 is 0. The number of fused-ring (bicyclic) bond motifs is 1. The van der Waals surface area contributed by atoms with Gasteiger partial charge in [0.05, 0.1) is 16.7 Å². The monoisotopic (exact) mass is 387 g/mol. The minimum atomic E-state index is -0.833. The summed E-state index contributed by atoms with van der Waals surface area (Å²) in [6.45, 7) is 1.08. The number of benzene rings is 2. The van der Waals surface area contributed by atoms with Crippen LogP contribution in [0.2, 0.25) is 0 Å². The van der Waals surface area contributed by atoms with E-state index in [1.165, 1.54) is 0 Å².